The van der Waals surface area contributed by atoms with E-state index in [1.807, 2.05) is 58.9 Å². The summed E-state index contributed by atoms with van der Waals surface area (Å²) in [7, 11) is 0. The zero-order valence-corrected chi connectivity index (χ0v) is 13.0. The second-order valence-electron chi connectivity index (χ2n) is 6.10. The van der Waals surface area contributed by atoms with E-state index in [-0.39, 0.29) is 11.9 Å². The summed E-state index contributed by atoms with van der Waals surface area (Å²) < 4.78 is 0. The number of nitrogens with two attached hydrogens (primary N) is 1. The third-order valence-corrected chi connectivity index (χ3v) is 4.11. The van der Waals surface area contributed by atoms with Gasteiger partial charge in [-0.25, -0.2) is 0 Å². The van der Waals surface area contributed by atoms with Gasteiger partial charge in [-0.2, -0.15) is 0 Å². The third kappa shape index (κ3) is 3.71. The smallest absolute Gasteiger partial charge is 0.227 e. The zero-order chi connectivity index (χ0) is 14.8. The molecule has 0 bridgehead atoms. The number of carbonyl (C=O) groups excluding carboxylic acids is 1. The summed E-state index contributed by atoms with van der Waals surface area (Å²) >= 11 is 5.96. The van der Waals surface area contributed by atoms with Crippen LogP contribution in [0.2, 0.25) is 5.02 Å². The molecule has 0 saturated carbocycles. The molecule has 0 unspecified atom stereocenters. The Morgan fingerprint density at radius 2 is 1.89 bits per heavy atom. The topological polar surface area (TPSA) is 55.1 Å². The lowest BCUT2D eigenvalue weighted by Gasteiger charge is -2.37. The predicted molar refractivity (Wildman–Crippen MR) is 80.1 cm³/mol. The number of amides is 1. The molecule has 1 atom stereocenters. The van der Waals surface area contributed by atoms with Crippen molar-refractivity contribution in [3.63, 3.8) is 0 Å². The first kappa shape index (κ1) is 16.0. The van der Waals surface area contributed by atoms with Gasteiger partial charge in [0.2, 0.25) is 5.91 Å². The van der Waals surface area contributed by atoms with Crippen molar-refractivity contribution in [2.75, 3.05) is 0 Å². The summed E-state index contributed by atoms with van der Waals surface area (Å²) in [5.74, 6) is -0.0625. The summed E-state index contributed by atoms with van der Waals surface area (Å²) in [5, 5.41) is 3.66. The summed E-state index contributed by atoms with van der Waals surface area (Å²) in [6.45, 7) is 9.36. The first-order valence-corrected chi connectivity index (χ1v) is 6.79. The minimum absolute atomic E-state index is 0.0625. The molecule has 1 rings (SSSR count). The maximum absolute atomic E-state index is 12.4. The maximum Gasteiger partial charge on any atom is 0.227 e. The zero-order valence-electron chi connectivity index (χ0n) is 12.3. The summed E-state index contributed by atoms with van der Waals surface area (Å²) in [5.41, 5.74) is 5.80. The van der Waals surface area contributed by atoms with Gasteiger partial charge in [-0.1, -0.05) is 23.7 Å². The Morgan fingerprint density at radius 3 is 2.37 bits per heavy atom. The maximum atomic E-state index is 12.4. The molecule has 3 N–H and O–H groups in total. The molecule has 106 valence electrons. The molecule has 19 heavy (non-hydrogen) atoms. The molecule has 1 aromatic carbocycles. The van der Waals surface area contributed by atoms with Crippen LogP contribution in [0.3, 0.4) is 0 Å². The van der Waals surface area contributed by atoms with Crippen LogP contribution in [-0.4, -0.2) is 11.4 Å². The molecule has 3 nitrogen and oxygen atoms in total. The third-order valence-electron chi connectivity index (χ3n) is 3.87. The van der Waals surface area contributed by atoms with Gasteiger partial charge in [0.15, 0.2) is 0 Å². The summed E-state index contributed by atoms with van der Waals surface area (Å²) in [4.78, 5) is 12.4. The fourth-order valence-corrected chi connectivity index (χ4v) is 1.73. The molecule has 0 aliphatic rings. The van der Waals surface area contributed by atoms with Crippen LogP contribution in [0.1, 0.15) is 46.2 Å². The summed E-state index contributed by atoms with van der Waals surface area (Å²) in [6, 6.07) is 7.38. The van der Waals surface area contributed by atoms with Crippen LogP contribution in [-0.2, 0) is 4.79 Å². The first-order chi connectivity index (χ1) is 8.55. The van der Waals surface area contributed by atoms with E-state index >= 15 is 0 Å². The number of nitrogens with one attached hydrogen (secondary N) is 1. The number of halogens is 1. The Bertz CT molecular complexity index is 463. The molecule has 0 aliphatic heterocycles. The van der Waals surface area contributed by atoms with Gasteiger partial charge < -0.3 is 11.1 Å². The fraction of sp³-hybridized carbons (Fsp3) is 0.533. The van der Waals surface area contributed by atoms with Crippen LogP contribution in [0, 0.1) is 5.41 Å². The highest BCUT2D eigenvalue weighted by Crippen LogP contribution is 2.29. The fourth-order valence-electron chi connectivity index (χ4n) is 1.53. The second-order valence-corrected chi connectivity index (χ2v) is 6.53. The van der Waals surface area contributed by atoms with Crippen molar-refractivity contribution in [2.45, 2.75) is 46.2 Å². The SMILES string of the molecule is C[C@H](NC(=O)C(C)(C)C(C)(C)N)c1cccc(Cl)c1. The average Bonchev–Trinajstić information content (AvgIpc) is 2.27. The molecule has 0 aromatic heterocycles. The normalized spacial score (nSPS) is 14.1. The van der Waals surface area contributed by atoms with E-state index < -0.39 is 11.0 Å². The Balaban J connectivity index is 2.83. The van der Waals surface area contributed by atoms with E-state index in [0.717, 1.165) is 5.56 Å². The Kier molecular flexibility index (Phi) is 4.64. The van der Waals surface area contributed by atoms with E-state index in [1.165, 1.54) is 0 Å². The molecule has 0 spiro atoms. The van der Waals surface area contributed by atoms with Crippen LogP contribution >= 0.6 is 11.6 Å². The highest BCUT2D eigenvalue weighted by molar-refractivity contribution is 6.30. The van der Waals surface area contributed by atoms with Gasteiger partial charge in [-0.05, 0) is 52.3 Å². The van der Waals surface area contributed by atoms with Crippen molar-refractivity contribution in [3.8, 4) is 0 Å². The van der Waals surface area contributed by atoms with Crippen molar-refractivity contribution in [1.82, 2.24) is 5.32 Å². The molecule has 0 aliphatic carbocycles. The van der Waals surface area contributed by atoms with Gasteiger partial charge in [0.05, 0.1) is 11.5 Å². The molecular formula is C15H23ClN2O. The lowest BCUT2D eigenvalue weighted by Crippen LogP contribution is -2.55. The number of hydrogen-bond donors (Lipinski definition) is 2. The lowest BCUT2D eigenvalue weighted by atomic mass is 9.74. The predicted octanol–water partition coefficient (Wildman–Crippen LogP) is 3.28. The molecule has 1 amide bonds. The van der Waals surface area contributed by atoms with E-state index in [4.69, 9.17) is 17.3 Å². The van der Waals surface area contributed by atoms with Crippen molar-refractivity contribution >= 4 is 17.5 Å². The van der Waals surface area contributed by atoms with Gasteiger partial charge in [-0.15, -0.1) is 0 Å². The molecule has 0 heterocycles. The van der Waals surface area contributed by atoms with E-state index in [1.54, 1.807) is 0 Å². The van der Waals surface area contributed by atoms with Crippen LogP contribution in [0.4, 0.5) is 0 Å². The van der Waals surface area contributed by atoms with Crippen molar-refractivity contribution in [2.24, 2.45) is 11.1 Å². The van der Waals surface area contributed by atoms with Gasteiger partial charge in [0, 0.05) is 10.6 Å². The van der Waals surface area contributed by atoms with Crippen LogP contribution < -0.4 is 11.1 Å². The number of carbonyl (C=O) groups is 1. The number of hydrogen-bond acceptors (Lipinski definition) is 2. The quantitative estimate of drug-likeness (QED) is 0.890. The second kappa shape index (κ2) is 5.51. The van der Waals surface area contributed by atoms with Gasteiger partial charge >= 0.3 is 0 Å². The minimum atomic E-state index is -0.653. The standard InChI is InChI=1S/C15H23ClN2O/c1-10(11-7-6-8-12(16)9-11)18-13(19)14(2,3)15(4,5)17/h6-10H,17H2,1-5H3,(H,18,19)/t10-/m0/s1. The molecule has 0 radical (unpaired) electrons. The van der Waals surface area contributed by atoms with Crippen molar-refractivity contribution in [1.29, 1.82) is 0 Å². The largest absolute Gasteiger partial charge is 0.349 e. The number of benzene rings is 1. The van der Waals surface area contributed by atoms with E-state index in [2.05, 4.69) is 5.32 Å². The van der Waals surface area contributed by atoms with Crippen LogP contribution in [0.15, 0.2) is 24.3 Å². The lowest BCUT2D eigenvalue weighted by molar-refractivity contribution is -0.132. The van der Waals surface area contributed by atoms with E-state index in [9.17, 15) is 4.79 Å². The summed E-state index contributed by atoms with van der Waals surface area (Å²) in [6.07, 6.45) is 0. The molecule has 4 heteroatoms. The van der Waals surface area contributed by atoms with Gasteiger partial charge in [0.25, 0.3) is 0 Å². The molecule has 1 aromatic rings. The Hall–Kier alpha value is -1.06. The van der Waals surface area contributed by atoms with Gasteiger partial charge in [-0.3, -0.25) is 4.79 Å². The van der Waals surface area contributed by atoms with Crippen molar-refractivity contribution in [3.05, 3.63) is 34.9 Å². The average molecular weight is 283 g/mol. The highest BCUT2D eigenvalue weighted by atomic mass is 35.5. The van der Waals surface area contributed by atoms with Crippen LogP contribution in [0.5, 0.6) is 0 Å². The van der Waals surface area contributed by atoms with Crippen molar-refractivity contribution < 1.29 is 4.79 Å². The first-order valence-electron chi connectivity index (χ1n) is 6.41. The Labute approximate surface area is 120 Å². The molecular weight excluding hydrogens is 260 g/mol. The number of rotatable bonds is 4. The molecule has 0 fully saturated rings. The van der Waals surface area contributed by atoms with Gasteiger partial charge in [0.1, 0.15) is 0 Å². The van der Waals surface area contributed by atoms with Crippen LogP contribution in [0.25, 0.3) is 0 Å². The van der Waals surface area contributed by atoms with E-state index in [0.29, 0.717) is 5.02 Å². The highest BCUT2D eigenvalue weighted by Gasteiger charge is 2.40. The monoisotopic (exact) mass is 282 g/mol. The molecule has 0 saturated heterocycles. The Morgan fingerprint density at radius 1 is 1.32 bits per heavy atom. The minimum Gasteiger partial charge on any atom is -0.349 e.